The third-order valence-electron chi connectivity index (χ3n) is 2.00. The number of hydrogen-bond donors (Lipinski definition) is 3. The normalized spacial score (nSPS) is 10.4. The summed E-state index contributed by atoms with van der Waals surface area (Å²) >= 11 is 0. The van der Waals surface area contributed by atoms with Crippen molar-refractivity contribution >= 4 is 0 Å². The summed E-state index contributed by atoms with van der Waals surface area (Å²) in [5, 5.41) is 11.6. The van der Waals surface area contributed by atoms with Crippen LogP contribution in [0.4, 0.5) is 0 Å². The van der Waals surface area contributed by atoms with E-state index in [1.807, 2.05) is 6.92 Å². The molecule has 0 atom stereocenters. The Morgan fingerprint density at radius 3 is 3.00 bits per heavy atom. The predicted molar refractivity (Wildman–Crippen MR) is 61.6 cm³/mol. The standard InChI is InChI=1S/C11H18N2O3/c1-2-5-16-11-8-13-9(6-10(11)15)7-12-3-4-14/h6,8,12,14H,2-5,7H2,1H3,(H,13,15). The van der Waals surface area contributed by atoms with Gasteiger partial charge in [-0.15, -0.1) is 0 Å². The lowest BCUT2D eigenvalue weighted by molar-refractivity contribution is 0.291. The summed E-state index contributed by atoms with van der Waals surface area (Å²) < 4.78 is 5.26. The minimum Gasteiger partial charge on any atom is -0.488 e. The molecule has 0 aromatic carbocycles. The molecule has 0 fully saturated rings. The number of rotatable bonds is 7. The van der Waals surface area contributed by atoms with Gasteiger partial charge in [0.2, 0.25) is 5.43 Å². The van der Waals surface area contributed by atoms with E-state index in [1.165, 1.54) is 6.07 Å². The molecule has 16 heavy (non-hydrogen) atoms. The molecular weight excluding hydrogens is 208 g/mol. The van der Waals surface area contributed by atoms with E-state index in [2.05, 4.69) is 10.3 Å². The number of ether oxygens (including phenoxy) is 1. The Balaban J connectivity index is 2.56. The largest absolute Gasteiger partial charge is 0.488 e. The van der Waals surface area contributed by atoms with Crippen molar-refractivity contribution in [3.05, 3.63) is 28.2 Å². The molecule has 0 unspecified atom stereocenters. The average molecular weight is 226 g/mol. The zero-order valence-corrected chi connectivity index (χ0v) is 9.45. The Bertz CT molecular complexity index is 362. The van der Waals surface area contributed by atoms with Crippen molar-refractivity contribution in [1.29, 1.82) is 0 Å². The molecular formula is C11H18N2O3. The molecule has 0 aliphatic heterocycles. The van der Waals surface area contributed by atoms with E-state index in [-0.39, 0.29) is 12.0 Å². The quantitative estimate of drug-likeness (QED) is 0.582. The molecule has 0 saturated carbocycles. The summed E-state index contributed by atoms with van der Waals surface area (Å²) in [4.78, 5) is 14.5. The highest BCUT2D eigenvalue weighted by Gasteiger charge is 2.01. The third-order valence-corrected chi connectivity index (χ3v) is 2.00. The number of pyridine rings is 1. The average Bonchev–Trinajstić information content (AvgIpc) is 2.28. The molecule has 3 N–H and O–H groups in total. The van der Waals surface area contributed by atoms with Gasteiger partial charge in [0.05, 0.1) is 13.2 Å². The first-order valence-electron chi connectivity index (χ1n) is 5.44. The van der Waals surface area contributed by atoms with Crippen molar-refractivity contribution in [3.63, 3.8) is 0 Å². The van der Waals surface area contributed by atoms with Crippen LogP contribution in [0.15, 0.2) is 17.1 Å². The minimum absolute atomic E-state index is 0.0852. The second-order valence-electron chi connectivity index (χ2n) is 3.44. The van der Waals surface area contributed by atoms with E-state index in [0.29, 0.717) is 25.4 Å². The highest BCUT2D eigenvalue weighted by Crippen LogP contribution is 2.02. The predicted octanol–water partition coefficient (Wildman–Crippen LogP) is 0.246. The van der Waals surface area contributed by atoms with Gasteiger partial charge in [-0.3, -0.25) is 4.79 Å². The van der Waals surface area contributed by atoms with Gasteiger partial charge in [-0.25, -0.2) is 0 Å². The van der Waals surface area contributed by atoms with Gasteiger partial charge in [0.15, 0.2) is 5.75 Å². The van der Waals surface area contributed by atoms with Gasteiger partial charge in [-0.05, 0) is 6.42 Å². The molecule has 1 aromatic rings. The number of aliphatic hydroxyl groups is 1. The number of H-pyrrole nitrogens is 1. The maximum absolute atomic E-state index is 11.6. The molecule has 5 heteroatoms. The highest BCUT2D eigenvalue weighted by atomic mass is 16.5. The first-order chi connectivity index (χ1) is 7.77. The van der Waals surface area contributed by atoms with Crippen LogP contribution in [0, 0.1) is 0 Å². The first kappa shape index (κ1) is 12.7. The van der Waals surface area contributed by atoms with Crippen molar-refractivity contribution in [2.24, 2.45) is 0 Å². The second kappa shape index (κ2) is 7.03. The molecule has 0 radical (unpaired) electrons. The summed E-state index contributed by atoms with van der Waals surface area (Å²) in [7, 11) is 0. The van der Waals surface area contributed by atoms with Crippen LogP contribution in [0.25, 0.3) is 0 Å². The van der Waals surface area contributed by atoms with Gasteiger partial charge in [0.1, 0.15) is 0 Å². The molecule has 0 amide bonds. The number of hydrogen-bond acceptors (Lipinski definition) is 4. The lowest BCUT2D eigenvalue weighted by Crippen LogP contribution is -2.19. The molecule has 1 aromatic heterocycles. The molecule has 0 aliphatic rings. The first-order valence-corrected chi connectivity index (χ1v) is 5.44. The van der Waals surface area contributed by atoms with Gasteiger partial charge in [-0.2, -0.15) is 0 Å². The summed E-state index contributed by atoms with van der Waals surface area (Å²) in [5.74, 6) is 0.354. The van der Waals surface area contributed by atoms with E-state index < -0.39 is 0 Å². The van der Waals surface area contributed by atoms with Crippen molar-refractivity contribution in [3.8, 4) is 5.75 Å². The second-order valence-corrected chi connectivity index (χ2v) is 3.44. The van der Waals surface area contributed by atoms with Gasteiger partial charge < -0.3 is 20.1 Å². The zero-order valence-electron chi connectivity index (χ0n) is 9.45. The van der Waals surface area contributed by atoms with Crippen LogP contribution >= 0.6 is 0 Å². The van der Waals surface area contributed by atoms with Crippen molar-refractivity contribution in [1.82, 2.24) is 10.3 Å². The van der Waals surface area contributed by atoms with Crippen LogP contribution in [0.2, 0.25) is 0 Å². The smallest absolute Gasteiger partial charge is 0.223 e. The lowest BCUT2D eigenvalue weighted by atomic mass is 10.3. The maximum Gasteiger partial charge on any atom is 0.223 e. The fraction of sp³-hybridized carbons (Fsp3) is 0.545. The third kappa shape index (κ3) is 4.04. The zero-order chi connectivity index (χ0) is 11.8. The SMILES string of the molecule is CCCOc1c[nH]c(CNCCO)cc1=O. The molecule has 1 rings (SSSR count). The van der Waals surface area contributed by atoms with Crippen LogP contribution in [0.5, 0.6) is 5.75 Å². The van der Waals surface area contributed by atoms with Crippen LogP contribution in [0.1, 0.15) is 19.0 Å². The van der Waals surface area contributed by atoms with Crippen LogP contribution < -0.4 is 15.5 Å². The van der Waals surface area contributed by atoms with Crippen molar-refractivity contribution < 1.29 is 9.84 Å². The van der Waals surface area contributed by atoms with E-state index >= 15 is 0 Å². The molecule has 0 bridgehead atoms. The van der Waals surface area contributed by atoms with Gasteiger partial charge in [-0.1, -0.05) is 6.92 Å². The Morgan fingerprint density at radius 2 is 2.38 bits per heavy atom. The van der Waals surface area contributed by atoms with E-state index in [4.69, 9.17) is 9.84 Å². The Hall–Kier alpha value is -1.33. The molecule has 90 valence electrons. The summed E-state index contributed by atoms with van der Waals surface area (Å²) in [6, 6.07) is 1.51. The van der Waals surface area contributed by atoms with E-state index in [0.717, 1.165) is 12.1 Å². The maximum atomic E-state index is 11.6. The van der Waals surface area contributed by atoms with Crippen LogP contribution in [0.3, 0.4) is 0 Å². The lowest BCUT2D eigenvalue weighted by Gasteiger charge is -2.06. The fourth-order valence-corrected chi connectivity index (χ4v) is 1.23. The van der Waals surface area contributed by atoms with Gasteiger partial charge >= 0.3 is 0 Å². The van der Waals surface area contributed by atoms with Crippen molar-refractivity contribution in [2.75, 3.05) is 19.8 Å². The fourth-order valence-electron chi connectivity index (χ4n) is 1.23. The Kier molecular flexibility index (Phi) is 5.60. The Morgan fingerprint density at radius 1 is 1.56 bits per heavy atom. The highest BCUT2D eigenvalue weighted by molar-refractivity contribution is 5.20. The number of aliphatic hydroxyl groups excluding tert-OH is 1. The topological polar surface area (TPSA) is 74.3 Å². The number of aromatic amines is 1. The summed E-state index contributed by atoms with van der Waals surface area (Å²) in [6.07, 6.45) is 2.45. The minimum atomic E-state index is -0.118. The number of nitrogens with one attached hydrogen (secondary N) is 2. The summed E-state index contributed by atoms with van der Waals surface area (Å²) in [5.41, 5.74) is 0.662. The van der Waals surface area contributed by atoms with Crippen LogP contribution in [-0.2, 0) is 6.54 Å². The molecule has 0 saturated heterocycles. The van der Waals surface area contributed by atoms with Gasteiger partial charge in [0.25, 0.3) is 0 Å². The monoisotopic (exact) mass is 226 g/mol. The van der Waals surface area contributed by atoms with E-state index in [1.54, 1.807) is 6.20 Å². The van der Waals surface area contributed by atoms with Crippen molar-refractivity contribution in [2.45, 2.75) is 19.9 Å². The summed E-state index contributed by atoms with van der Waals surface area (Å²) in [6.45, 7) is 3.66. The van der Waals surface area contributed by atoms with Gasteiger partial charge in [0, 0.05) is 31.0 Å². The Labute approximate surface area is 94.5 Å². The molecule has 0 spiro atoms. The molecule has 1 heterocycles. The number of aromatic nitrogens is 1. The van der Waals surface area contributed by atoms with Crippen LogP contribution in [-0.4, -0.2) is 29.8 Å². The van der Waals surface area contributed by atoms with E-state index in [9.17, 15) is 4.79 Å². The molecule has 5 nitrogen and oxygen atoms in total. The molecule has 0 aliphatic carbocycles.